The molecule has 8 heteroatoms. The Morgan fingerprint density at radius 1 is 1.09 bits per heavy atom. The molecule has 2 aromatic carbocycles. The number of nitrogens with zero attached hydrogens (tertiary/aromatic N) is 2. The number of fused-ring (bicyclic) bond motifs is 1. The van der Waals surface area contributed by atoms with Gasteiger partial charge in [0.1, 0.15) is 17.9 Å². The smallest absolute Gasteiger partial charge is 0.325 e. The minimum atomic E-state index is -1.04. The zero-order valence-electron chi connectivity index (χ0n) is 19.1. The van der Waals surface area contributed by atoms with Crippen LogP contribution in [0.4, 0.5) is 4.79 Å². The van der Waals surface area contributed by atoms with E-state index in [2.05, 4.69) is 20.6 Å². The number of aromatic amines is 1. The second-order valence-electron chi connectivity index (χ2n) is 9.07. The Morgan fingerprint density at radius 2 is 1.79 bits per heavy atom. The summed E-state index contributed by atoms with van der Waals surface area (Å²) in [5.74, 6) is -0.105. The number of nitrogens with one attached hydrogen (secondary N) is 3. The summed E-state index contributed by atoms with van der Waals surface area (Å²) < 4.78 is 0. The van der Waals surface area contributed by atoms with Gasteiger partial charge in [0.05, 0.1) is 17.1 Å². The van der Waals surface area contributed by atoms with Crippen LogP contribution in [0.1, 0.15) is 44.6 Å². The zero-order valence-corrected chi connectivity index (χ0v) is 19.1. The van der Waals surface area contributed by atoms with Gasteiger partial charge in [0.2, 0.25) is 5.91 Å². The molecule has 4 amide bonds. The number of amides is 4. The molecule has 0 saturated carbocycles. The number of benzene rings is 2. The lowest BCUT2D eigenvalue weighted by molar-refractivity contribution is -0.135. The van der Waals surface area contributed by atoms with Crippen molar-refractivity contribution < 1.29 is 14.4 Å². The molecule has 1 aliphatic rings. The third-order valence-electron chi connectivity index (χ3n) is 6.09. The van der Waals surface area contributed by atoms with Gasteiger partial charge in [-0.15, -0.1) is 0 Å². The fraction of sp³-hybridized carbons (Fsp3) is 0.360. The minimum absolute atomic E-state index is 0.0498. The molecule has 0 bridgehead atoms. The largest absolute Gasteiger partial charge is 0.344 e. The highest BCUT2D eigenvalue weighted by Gasteiger charge is 2.48. The quantitative estimate of drug-likeness (QED) is 0.461. The number of H-pyrrole nitrogens is 1. The number of hydrogen-bond donors (Lipinski definition) is 3. The summed E-state index contributed by atoms with van der Waals surface area (Å²) in [6.07, 6.45) is 1.10. The molecule has 8 nitrogen and oxygen atoms in total. The van der Waals surface area contributed by atoms with Crippen molar-refractivity contribution in [1.82, 2.24) is 25.5 Å². The highest BCUT2D eigenvalue weighted by atomic mass is 16.2. The monoisotopic (exact) mass is 447 g/mol. The summed E-state index contributed by atoms with van der Waals surface area (Å²) in [5.41, 5.74) is 1.75. The van der Waals surface area contributed by atoms with Crippen molar-refractivity contribution >= 4 is 28.9 Å². The minimum Gasteiger partial charge on any atom is -0.344 e. The average molecular weight is 448 g/mol. The number of para-hydroxylation sites is 2. The average Bonchev–Trinajstić information content (AvgIpc) is 3.31. The van der Waals surface area contributed by atoms with E-state index in [-0.39, 0.29) is 24.4 Å². The van der Waals surface area contributed by atoms with Gasteiger partial charge in [0.25, 0.3) is 5.91 Å². The number of carbonyl (C=O) groups excluding carboxylic acids is 3. The highest BCUT2D eigenvalue weighted by Crippen LogP contribution is 2.25. The van der Waals surface area contributed by atoms with Crippen molar-refractivity contribution in [1.29, 1.82) is 0 Å². The predicted octanol–water partition coefficient (Wildman–Crippen LogP) is 3.32. The van der Waals surface area contributed by atoms with Crippen LogP contribution in [0.2, 0.25) is 0 Å². The molecule has 0 aliphatic carbocycles. The third kappa shape index (κ3) is 4.74. The van der Waals surface area contributed by atoms with Gasteiger partial charge in [-0.3, -0.25) is 14.5 Å². The first-order valence-corrected chi connectivity index (χ1v) is 11.2. The van der Waals surface area contributed by atoms with Crippen molar-refractivity contribution in [3.05, 3.63) is 66.0 Å². The molecule has 0 spiro atoms. The summed E-state index contributed by atoms with van der Waals surface area (Å²) >= 11 is 0. The topological polar surface area (TPSA) is 107 Å². The van der Waals surface area contributed by atoms with Crippen LogP contribution in [0.15, 0.2) is 54.6 Å². The lowest BCUT2D eigenvalue weighted by Gasteiger charge is -2.23. The predicted molar refractivity (Wildman–Crippen MR) is 125 cm³/mol. The van der Waals surface area contributed by atoms with Crippen molar-refractivity contribution in [3.8, 4) is 0 Å². The van der Waals surface area contributed by atoms with E-state index in [4.69, 9.17) is 0 Å². The van der Waals surface area contributed by atoms with E-state index in [9.17, 15) is 14.4 Å². The van der Waals surface area contributed by atoms with Crippen molar-refractivity contribution in [3.63, 3.8) is 0 Å². The molecule has 0 radical (unpaired) electrons. The number of carbonyl (C=O) groups is 3. The Morgan fingerprint density at radius 3 is 2.48 bits per heavy atom. The molecule has 4 rings (SSSR count). The Hall–Kier alpha value is -3.68. The first kappa shape index (κ1) is 22.5. The number of aromatic nitrogens is 2. The first-order chi connectivity index (χ1) is 15.8. The Labute approximate surface area is 192 Å². The molecule has 172 valence electrons. The summed E-state index contributed by atoms with van der Waals surface area (Å²) in [7, 11) is 0. The highest BCUT2D eigenvalue weighted by molar-refractivity contribution is 6.08. The molecule has 1 aromatic heterocycles. The first-order valence-electron chi connectivity index (χ1n) is 11.2. The lowest BCUT2D eigenvalue weighted by Crippen LogP contribution is -2.46. The number of aryl methyl sites for hydroxylation is 1. The summed E-state index contributed by atoms with van der Waals surface area (Å²) in [6.45, 7) is 5.33. The number of imide groups is 1. The summed E-state index contributed by atoms with van der Waals surface area (Å²) in [5, 5.41) is 5.71. The number of imidazole rings is 1. The number of rotatable bonds is 8. The molecular formula is C25H29N5O3. The van der Waals surface area contributed by atoms with Gasteiger partial charge in [-0.1, -0.05) is 56.3 Å². The fourth-order valence-electron chi connectivity index (χ4n) is 4.13. The molecule has 3 N–H and O–H groups in total. The maximum atomic E-state index is 13.0. The van der Waals surface area contributed by atoms with Gasteiger partial charge in [-0.05, 0) is 43.4 Å². The van der Waals surface area contributed by atoms with Crippen molar-refractivity contribution in [2.24, 2.45) is 5.92 Å². The molecule has 1 saturated heterocycles. The molecule has 2 atom stereocenters. The van der Waals surface area contributed by atoms with E-state index < -0.39 is 17.5 Å². The molecule has 3 aromatic rings. The van der Waals surface area contributed by atoms with E-state index in [0.717, 1.165) is 21.5 Å². The Kier molecular flexibility index (Phi) is 6.18. The normalized spacial score (nSPS) is 19.2. The maximum absolute atomic E-state index is 13.0. The molecule has 1 aliphatic heterocycles. The summed E-state index contributed by atoms with van der Waals surface area (Å²) in [4.78, 5) is 47.3. The molecule has 33 heavy (non-hydrogen) atoms. The van der Waals surface area contributed by atoms with Crippen LogP contribution in [-0.4, -0.2) is 44.8 Å². The number of urea groups is 1. The van der Waals surface area contributed by atoms with E-state index in [0.29, 0.717) is 18.7 Å². The van der Waals surface area contributed by atoms with Crippen LogP contribution in [0, 0.1) is 5.92 Å². The van der Waals surface area contributed by atoms with Crippen LogP contribution in [-0.2, 0) is 16.0 Å². The van der Waals surface area contributed by atoms with Crippen LogP contribution in [0.25, 0.3) is 11.0 Å². The van der Waals surface area contributed by atoms with E-state index in [1.54, 1.807) is 6.92 Å². The van der Waals surface area contributed by atoms with Gasteiger partial charge in [0.15, 0.2) is 0 Å². The molecular weight excluding hydrogens is 418 g/mol. The van der Waals surface area contributed by atoms with Gasteiger partial charge in [-0.2, -0.15) is 0 Å². The van der Waals surface area contributed by atoms with Crippen LogP contribution in [0.3, 0.4) is 0 Å². The Bertz CT molecular complexity index is 1140. The van der Waals surface area contributed by atoms with E-state index in [1.807, 2.05) is 68.4 Å². The zero-order chi connectivity index (χ0) is 23.6. The van der Waals surface area contributed by atoms with Crippen molar-refractivity contribution in [2.75, 3.05) is 6.54 Å². The van der Waals surface area contributed by atoms with Gasteiger partial charge in [-0.25, -0.2) is 9.78 Å². The van der Waals surface area contributed by atoms with Crippen LogP contribution in [0.5, 0.6) is 0 Å². The molecule has 2 heterocycles. The SMILES string of the molecule is CC(C)C(NC(=O)CN1C(=O)NC(C)(CCc2ccccc2)C1=O)c1nc2ccccc2[nH]1. The van der Waals surface area contributed by atoms with Crippen LogP contribution >= 0.6 is 0 Å². The van der Waals surface area contributed by atoms with Gasteiger partial charge in [0, 0.05) is 0 Å². The van der Waals surface area contributed by atoms with E-state index >= 15 is 0 Å². The van der Waals surface area contributed by atoms with Crippen molar-refractivity contribution in [2.45, 2.75) is 45.2 Å². The standard InChI is InChI=1S/C25H29N5O3/c1-16(2)21(22-26-18-11-7-8-12-19(18)27-22)28-20(31)15-30-23(32)25(3,29-24(30)33)14-13-17-9-5-4-6-10-17/h4-12,16,21H,13-15H2,1-3H3,(H,26,27)(H,28,31)(H,29,33). The third-order valence-corrected chi connectivity index (χ3v) is 6.09. The second kappa shape index (κ2) is 9.05. The molecule has 2 unspecified atom stereocenters. The fourth-order valence-corrected chi connectivity index (χ4v) is 4.13. The summed E-state index contributed by atoms with van der Waals surface area (Å²) in [6, 6.07) is 16.5. The second-order valence-corrected chi connectivity index (χ2v) is 9.07. The van der Waals surface area contributed by atoms with Gasteiger partial charge < -0.3 is 15.6 Å². The maximum Gasteiger partial charge on any atom is 0.325 e. The lowest BCUT2D eigenvalue weighted by atomic mass is 9.93. The van der Waals surface area contributed by atoms with Gasteiger partial charge >= 0.3 is 6.03 Å². The van der Waals surface area contributed by atoms with Crippen LogP contribution < -0.4 is 10.6 Å². The molecule has 1 fully saturated rings. The van der Waals surface area contributed by atoms with E-state index in [1.165, 1.54) is 0 Å². The Balaban J connectivity index is 1.42. The number of hydrogen-bond acceptors (Lipinski definition) is 4.